The van der Waals surface area contributed by atoms with E-state index in [1.807, 2.05) is 0 Å². The molecule has 0 atom stereocenters. The molecular formula is C9H18O6S. The molecule has 0 aliphatic rings. The molecule has 0 amide bonds. The summed E-state index contributed by atoms with van der Waals surface area (Å²) >= 11 is 0. The molecule has 0 saturated heterocycles. The summed E-state index contributed by atoms with van der Waals surface area (Å²) < 4.78 is 32.0. The largest absolute Gasteiger partial charge is 0.460 e. The van der Waals surface area contributed by atoms with Gasteiger partial charge in [0.2, 0.25) is 0 Å². The number of aliphatic hydroxyl groups excluding tert-OH is 1. The predicted octanol–water partition coefficient (Wildman–Crippen LogP) is 0.382. The van der Waals surface area contributed by atoms with E-state index in [0.717, 1.165) is 0 Å². The van der Waals surface area contributed by atoms with Crippen molar-refractivity contribution in [2.45, 2.75) is 20.3 Å². The minimum atomic E-state index is -3.67. The van der Waals surface area contributed by atoms with Gasteiger partial charge in [-0.1, -0.05) is 13.5 Å². The van der Waals surface area contributed by atoms with Crippen LogP contribution in [0, 0.1) is 0 Å². The second-order valence-electron chi connectivity index (χ2n) is 2.93. The van der Waals surface area contributed by atoms with Crippen LogP contribution in [0.4, 0.5) is 0 Å². The van der Waals surface area contributed by atoms with E-state index in [4.69, 9.17) is 9.66 Å². The Labute approximate surface area is 95.7 Å². The highest BCUT2D eigenvalue weighted by molar-refractivity contribution is 7.85. The van der Waals surface area contributed by atoms with Crippen molar-refractivity contribution in [3.05, 3.63) is 12.2 Å². The summed E-state index contributed by atoms with van der Waals surface area (Å²) in [6.45, 7) is 6.50. The second kappa shape index (κ2) is 9.32. The maximum absolute atomic E-state index is 10.5. The highest BCUT2D eigenvalue weighted by atomic mass is 32.2. The summed E-state index contributed by atoms with van der Waals surface area (Å²) in [6, 6.07) is 0. The minimum Gasteiger partial charge on any atom is -0.460 e. The Morgan fingerprint density at radius 3 is 2.12 bits per heavy atom. The minimum absolute atomic E-state index is 0.0473. The van der Waals surface area contributed by atoms with E-state index in [1.165, 1.54) is 0 Å². The molecule has 7 heteroatoms. The molecule has 0 rings (SSSR count). The molecule has 0 unspecified atom stereocenters. The van der Waals surface area contributed by atoms with Crippen LogP contribution in [-0.2, 0) is 19.6 Å². The van der Waals surface area contributed by atoms with E-state index in [9.17, 15) is 13.2 Å². The van der Waals surface area contributed by atoms with Crippen molar-refractivity contribution >= 4 is 16.1 Å². The van der Waals surface area contributed by atoms with E-state index >= 15 is 0 Å². The third-order valence-electron chi connectivity index (χ3n) is 1.13. The van der Waals surface area contributed by atoms with Gasteiger partial charge in [0.15, 0.2) is 0 Å². The first-order chi connectivity index (χ1) is 7.24. The molecule has 0 aliphatic carbocycles. The lowest BCUT2D eigenvalue weighted by Crippen LogP contribution is -2.08. The topological polar surface area (TPSA) is 101 Å². The van der Waals surface area contributed by atoms with Gasteiger partial charge in [0.25, 0.3) is 10.1 Å². The Kier molecular flexibility index (Phi) is 10.2. The van der Waals surface area contributed by atoms with Gasteiger partial charge < -0.3 is 9.84 Å². The smallest absolute Gasteiger partial charge is 0.333 e. The summed E-state index contributed by atoms with van der Waals surface area (Å²) in [5.74, 6) is -0.587. The van der Waals surface area contributed by atoms with Crippen LogP contribution >= 0.6 is 0 Å². The molecule has 6 nitrogen and oxygen atoms in total. The Bertz CT molecular complexity index is 306. The molecule has 0 aromatic carbocycles. The van der Waals surface area contributed by atoms with Crippen molar-refractivity contribution in [3.8, 4) is 0 Å². The Morgan fingerprint density at radius 1 is 1.44 bits per heavy atom. The molecule has 0 spiro atoms. The fourth-order valence-electron chi connectivity index (χ4n) is 0.519. The molecule has 0 fully saturated rings. The van der Waals surface area contributed by atoms with Gasteiger partial charge in [-0.25, -0.2) is 4.79 Å². The summed E-state index contributed by atoms with van der Waals surface area (Å²) in [6.07, 6.45) is 0.471. The lowest BCUT2D eigenvalue weighted by Gasteiger charge is -1.99. The number of aliphatic hydroxyl groups is 1. The highest BCUT2D eigenvalue weighted by Gasteiger charge is 2.00. The zero-order valence-electron chi connectivity index (χ0n) is 9.47. The maximum atomic E-state index is 10.5. The first kappa shape index (κ1) is 17.5. The molecule has 16 heavy (non-hydrogen) atoms. The van der Waals surface area contributed by atoms with Crippen LogP contribution in [0.1, 0.15) is 20.3 Å². The fraction of sp³-hybridized carbons (Fsp3) is 0.667. The van der Waals surface area contributed by atoms with E-state index in [2.05, 4.69) is 11.3 Å². The number of carbonyl (C=O) groups excluding carboxylic acids is 1. The van der Waals surface area contributed by atoms with Crippen LogP contribution in [0.3, 0.4) is 0 Å². The molecule has 2 N–H and O–H groups in total. The van der Waals surface area contributed by atoms with Crippen LogP contribution in [0.2, 0.25) is 0 Å². The van der Waals surface area contributed by atoms with E-state index < -0.39 is 16.1 Å². The summed E-state index contributed by atoms with van der Waals surface area (Å²) in [5, 5.41) is 8.19. The number of hydrogen-bond donors (Lipinski definition) is 2. The SMILES string of the molecule is C=C(C)C(=O)OCCO.CCCS(=O)(=O)O. The summed E-state index contributed by atoms with van der Waals surface area (Å²) in [7, 11) is -3.67. The van der Waals surface area contributed by atoms with E-state index in [1.54, 1.807) is 13.8 Å². The van der Waals surface area contributed by atoms with Crippen LogP contribution in [0.5, 0.6) is 0 Å². The van der Waals surface area contributed by atoms with Gasteiger partial charge in [-0.2, -0.15) is 8.42 Å². The number of esters is 1. The number of rotatable bonds is 5. The van der Waals surface area contributed by atoms with Gasteiger partial charge in [0, 0.05) is 5.57 Å². The molecule has 0 radical (unpaired) electrons. The van der Waals surface area contributed by atoms with Crippen molar-refractivity contribution in [2.75, 3.05) is 19.0 Å². The Balaban J connectivity index is 0. The van der Waals surface area contributed by atoms with Crippen LogP contribution in [-0.4, -0.2) is 43.0 Å². The van der Waals surface area contributed by atoms with Crippen molar-refractivity contribution in [2.24, 2.45) is 0 Å². The first-order valence-corrected chi connectivity index (χ1v) is 6.24. The second-order valence-corrected chi connectivity index (χ2v) is 4.50. The van der Waals surface area contributed by atoms with Crippen molar-refractivity contribution in [1.82, 2.24) is 0 Å². The molecular weight excluding hydrogens is 236 g/mol. The lowest BCUT2D eigenvalue weighted by atomic mass is 10.4. The third-order valence-corrected chi connectivity index (χ3v) is 2.06. The van der Waals surface area contributed by atoms with E-state index in [-0.39, 0.29) is 19.0 Å². The van der Waals surface area contributed by atoms with Gasteiger partial charge >= 0.3 is 5.97 Å². The summed E-state index contributed by atoms with van der Waals surface area (Å²) in [5.41, 5.74) is 0.350. The molecule has 0 aromatic heterocycles. The van der Waals surface area contributed by atoms with Gasteiger partial charge in [-0.15, -0.1) is 0 Å². The Morgan fingerprint density at radius 2 is 1.94 bits per heavy atom. The molecule has 96 valence electrons. The summed E-state index contributed by atoms with van der Waals surface area (Å²) in [4.78, 5) is 10.5. The lowest BCUT2D eigenvalue weighted by molar-refractivity contribution is -0.139. The number of ether oxygens (including phenoxy) is 1. The van der Waals surface area contributed by atoms with Gasteiger partial charge in [0.05, 0.1) is 12.4 Å². The molecule has 0 aliphatic heterocycles. The van der Waals surface area contributed by atoms with Crippen molar-refractivity contribution < 1.29 is 27.6 Å². The zero-order valence-corrected chi connectivity index (χ0v) is 10.3. The van der Waals surface area contributed by atoms with Gasteiger partial charge in [-0.3, -0.25) is 4.55 Å². The van der Waals surface area contributed by atoms with Crippen LogP contribution < -0.4 is 0 Å². The van der Waals surface area contributed by atoms with Crippen LogP contribution in [0.15, 0.2) is 12.2 Å². The average Bonchev–Trinajstić information content (AvgIpc) is 2.13. The number of hydrogen-bond acceptors (Lipinski definition) is 5. The fourth-order valence-corrected chi connectivity index (χ4v) is 1.04. The average molecular weight is 254 g/mol. The third kappa shape index (κ3) is 15.5. The van der Waals surface area contributed by atoms with Gasteiger partial charge in [0.1, 0.15) is 6.61 Å². The maximum Gasteiger partial charge on any atom is 0.333 e. The highest BCUT2D eigenvalue weighted by Crippen LogP contribution is 1.89. The zero-order chi connectivity index (χ0) is 13.2. The number of carbonyl (C=O) groups is 1. The molecule has 0 heterocycles. The van der Waals surface area contributed by atoms with Crippen molar-refractivity contribution in [3.63, 3.8) is 0 Å². The molecule has 0 aromatic rings. The van der Waals surface area contributed by atoms with E-state index in [0.29, 0.717) is 12.0 Å². The standard InChI is InChI=1S/C6H10O3.C3H8O3S/c1-5(2)6(8)9-4-3-7;1-2-3-7(4,5)6/h7H,1,3-4H2,2H3;2-3H2,1H3,(H,4,5,6). The van der Waals surface area contributed by atoms with Crippen LogP contribution in [0.25, 0.3) is 0 Å². The predicted molar refractivity (Wildman–Crippen MR) is 59.6 cm³/mol. The van der Waals surface area contributed by atoms with Gasteiger partial charge in [-0.05, 0) is 13.3 Å². The quantitative estimate of drug-likeness (QED) is 0.418. The van der Waals surface area contributed by atoms with Crippen molar-refractivity contribution in [1.29, 1.82) is 0 Å². The normalized spacial score (nSPS) is 10.0. The Hall–Kier alpha value is -0.920. The molecule has 0 saturated carbocycles. The monoisotopic (exact) mass is 254 g/mol. The molecule has 0 bridgehead atoms. The first-order valence-electron chi connectivity index (χ1n) is 4.63.